The van der Waals surface area contributed by atoms with E-state index in [0.29, 0.717) is 6.42 Å². The number of allylic oxidation sites excluding steroid dienone is 3. The highest BCUT2D eigenvalue weighted by Crippen LogP contribution is 2.26. The predicted molar refractivity (Wildman–Crippen MR) is 81.5 cm³/mol. The molecule has 0 aliphatic carbocycles. The number of rotatable bonds is 9. The fourth-order valence-corrected chi connectivity index (χ4v) is 2.12. The maximum absolute atomic E-state index is 11.6. The van der Waals surface area contributed by atoms with E-state index in [0.717, 1.165) is 30.4 Å². The molecule has 4 nitrogen and oxygen atoms in total. The van der Waals surface area contributed by atoms with Gasteiger partial charge in [0.2, 0.25) is 5.91 Å². The lowest BCUT2D eigenvalue weighted by Crippen LogP contribution is -2.20. The summed E-state index contributed by atoms with van der Waals surface area (Å²) in [5.74, 6) is -0.938. The molecule has 114 valence electrons. The van der Waals surface area contributed by atoms with Crippen LogP contribution in [0.5, 0.6) is 0 Å². The zero-order valence-electron chi connectivity index (χ0n) is 13.0. The minimum atomic E-state index is -0.810. The Morgan fingerprint density at radius 1 is 1.25 bits per heavy atom. The Balaban J connectivity index is 5.27. The highest BCUT2D eigenvalue weighted by molar-refractivity contribution is 5.79. The summed E-state index contributed by atoms with van der Waals surface area (Å²) >= 11 is 0. The molecular weight excluding hydrogens is 254 g/mol. The summed E-state index contributed by atoms with van der Waals surface area (Å²) in [6, 6.07) is 0. The van der Waals surface area contributed by atoms with Gasteiger partial charge in [0.25, 0.3) is 0 Å². The molecular formula is C16H27NO3. The Labute approximate surface area is 122 Å². The topological polar surface area (TPSA) is 66.4 Å². The molecule has 0 spiro atoms. The number of carbonyl (C=O) groups excluding carboxylic acids is 1. The Bertz CT molecular complexity index is 383. The van der Waals surface area contributed by atoms with E-state index in [9.17, 15) is 9.59 Å². The van der Waals surface area contributed by atoms with E-state index in [1.807, 2.05) is 19.9 Å². The normalized spacial score (nSPS) is 14.0. The van der Waals surface area contributed by atoms with Gasteiger partial charge in [0.05, 0.1) is 12.8 Å². The van der Waals surface area contributed by atoms with Crippen LogP contribution in [0.1, 0.15) is 52.9 Å². The fourth-order valence-electron chi connectivity index (χ4n) is 2.12. The molecule has 0 radical (unpaired) electrons. The molecule has 0 aromatic carbocycles. The molecule has 1 amide bonds. The van der Waals surface area contributed by atoms with Crippen LogP contribution in [0.2, 0.25) is 0 Å². The van der Waals surface area contributed by atoms with Gasteiger partial charge in [-0.15, -0.1) is 0 Å². The largest absolute Gasteiger partial charge is 0.481 e. The van der Waals surface area contributed by atoms with E-state index in [4.69, 9.17) is 5.11 Å². The maximum Gasteiger partial charge on any atom is 0.303 e. The van der Waals surface area contributed by atoms with Crippen molar-refractivity contribution in [3.63, 3.8) is 0 Å². The van der Waals surface area contributed by atoms with Crippen LogP contribution >= 0.6 is 0 Å². The highest BCUT2D eigenvalue weighted by Gasteiger charge is 2.17. The second-order valence-electron chi connectivity index (χ2n) is 4.93. The molecule has 0 heterocycles. The molecule has 0 unspecified atom stereocenters. The molecule has 20 heavy (non-hydrogen) atoms. The Morgan fingerprint density at radius 2 is 1.90 bits per heavy atom. The predicted octanol–water partition coefficient (Wildman–Crippen LogP) is 3.30. The van der Waals surface area contributed by atoms with E-state index in [1.54, 1.807) is 7.05 Å². The summed E-state index contributed by atoms with van der Waals surface area (Å²) < 4.78 is 0. The first-order chi connectivity index (χ1) is 9.46. The molecule has 0 aliphatic heterocycles. The number of hydrogen-bond acceptors (Lipinski definition) is 2. The van der Waals surface area contributed by atoms with E-state index in [1.165, 1.54) is 0 Å². The number of aliphatic carboxylic acids is 1. The third-order valence-corrected chi connectivity index (χ3v) is 3.12. The number of amides is 1. The quantitative estimate of drug-likeness (QED) is 0.637. The first kappa shape index (κ1) is 18.4. The van der Waals surface area contributed by atoms with Crippen LogP contribution in [0.4, 0.5) is 0 Å². The third-order valence-electron chi connectivity index (χ3n) is 3.12. The second-order valence-corrected chi connectivity index (χ2v) is 4.93. The lowest BCUT2D eigenvalue weighted by molar-refractivity contribution is -0.137. The van der Waals surface area contributed by atoms with Crippen LogP contribution in [0, 0.1) is 5.92 Å². The van der Waals surface area contributed by atoms with Gasteiger partial charge in [-0.25, -0.2) is 0 Å². The molecule has 0 fully saturated rings. The molecule has 1 atom stereocenters. The number of hydrogen-bond donors (Lipinski definition) is 2. The smallest absolute Gasteiger partial charge is 0.303 e. The summed E-state index contributed by atoms with van der Waals surface area (Å²) in [6.07, 6.45) is 7.23. The van der Waals surface area contributed by atoms with Gasteiger partial charge in [0.1, 0.15) is 0 Å². The van der Waals surface area contributed by atoms with Crippen molar-refractivity contribution >= 4 is 11.9 Å². The lowest BCUT2D eigenvalue weighted by atomic mass is 9.87. The van der Waals surface area contributed by atoms with Crippen LogP contribution in [0.3, 0.4) is 0 Å². The van der Waals surface area contributed by atoms with Crippen molar-refractivity contribution in [2.24, 2.45) is 5.92 Å². The molecule has 0 aliphatic rings. The molecule has 0 aromatic rings. The zero-order chi connectivity index (χ0) is 15.5. The van der Waals surface area contributed by atoms with Crippen molar-refractivity contribution in [3.8, 4) is 0 Å². The van der Waals surface area contributed by atoms with Gasteiger partial charge in [-0.2, -0.15) is 0 Å². The van der Waals surface area contributed by atoms with Crippen molar-refractivity contribution in [3.05, 3.63) is 23.3 Å². The highest BCUT2D eigenvalue weighted by atomic mass is 16.4. The first-order valence-electron chi connectivity index (χ1n) is 7.27. The number of nitrogens with one attached hydrogen (secondary N) is 1. The molecule has 2 N–H and O–H groups in total. The molecule has 0 rings (SSSR count). The van der Waals surface area contributed by atoms with Gasteiger partial charge >= 0.3 is 5.97 Å². The Morgan fingerprint density at radius 3 is 2.35 bits per heavy atom. The van der Waals surface area contributed by atoms with Crippen molar-refractivity contribution < 1.29 is 14.7 Å². The van der Waals surface area contributed by atoms with Gasteiger partial charge < -0.3 is 10.4 Å². The van der Waals surface area contributed by atoms with Crippen molar-refractivity contribution in [2.75, 3.05) is 7.05 Å². The molecule has 0 bridgehead atoms. The number of carboxylic acid groups (broad SMARTS) is 1. The molecule has 0 saturated carbocycles. The molecule has 0 aromatic heterocycles. The van der Waals surface area contributed by atoms with Crippen LogP contribution < -0.4 is 5.32 Å². The minimum absolute atomic E-state index is 0.0466. The van der Waals surface area contributed by atoms with Crippen molar-refractivity contribution in [1.82, 2.24) is 5.32 Å². The number of unbranched alkanes of at least 4 members (excludes halogenated alkanes) is 1. The monoisotopic (exact) mass is 281 g/mol. The van der Waals surface area contributed by atoms with Gasteiger partial charge in [0, 0.05) is 7.05 Å². The van der Waals surface area contributed by atoms with Crippen LogP contribution in [-0.4, -0.2) is 24.0 Å². The number of carboxylic acids is 1. The summed E-state index contributed by atoms with van der Waals surface area (Å²) in [5.41, 5.74) is 1.95. The standard InChI is InChI=1S/C16H27NO3/c1-5-7-9-14(12(3)10-16(19)20)13(8-6-2)11-15(18)17-4/h8-9,12H,5-7,10-11H2,1-4H3,(H,17,18)(H,19,20)/b13-8-,14-9-/t12-/m1/s1. The van der Waals surface area contributed by atoms with E-state index >= 15 is 0 Å². The van der Waals surface area contributed by atoms with Gasteiger partial charge in [0.15, 0.2) is 0 Å². The minimum Gasteiger partial charge on any atom is -0.481 e. The lowest BCUT2D eigenvalue weighted by Gasteiger charge is -2.18. The van der Waals surface area contributed by atoms with Crippen LogP contribution in [0.25, 0.3) is 0 Å². The third kappa shape index (κ3) is 7.12. The van der Waals surface area contributed by atoms with Crippen LogP contribution in [0.15, 0.2) is 23.3 Å². The van der Waals surface area contributed by atoms with Gasteiger partial charge in [-0.05, 0) is 29.9 Å². The fraction of sp³-hybridized carbons (Fsp3) is 0.625. The molecule has 4 heteroatoms. The average Bonchev–Trinajstić information content (AvgIpc) is 2.38. The second kappa shape index (κ2) is 10.2. The maximum atomic E-state index is 11.6. The summed E-state index contributed by atoms with van der Waals surface area (Å²) in [4.78, 5) is 22.5. The van der Waals surface area contributed by atoms with Crippen LogP contribution in [-0.2, 0) is 9.59 Å². The summed E-state index contributed by atoms with van der Waals surface area (Å²) in [7, 11) is 1.61. The average molecular weight is 281 g/mol. The van der Waals surface area contributed by atoms with Crippen molar-refractivity contribution in [2.45, 2.75) is 52.9 Å². The summed E-state index contributed by atoms with van der Waals surface area (Å²) in [6.45, 7) is 6.00. The summed E-state index contributed by atoms with van der Waals surface area (Å²) in [5, 5.41) is 11.6. The van der Waals surface area contributed by atoms with Gasteiger partial charge in [-0.3, -0.25) is 9.59 Å². The Kier molecular flexibility index (Phi) is 9.43. The molecule has 0 saturated heterocycles. The zero-order valence-corrected chi connectivity index (χ0v) is 13.0. The Hall–Kier alpha value is -1.58. The van der Waals surface area contributed by atoms with Crippen molar-refractivity contribution in [1.29, 1.82) is 0 Å². The van der Waals surface area contributed by atoms with E-state index in [-0.39, 0.29) is 18.2 Å². The number of carbonyl (C=O) groups is 2. The van der Waals surface area contributed by atoms with E-state index < -0.39 is 5.97 Å². The SMILES string of the molecule is CC/C=C(CC(=O)NC)\C(=C/CCC)[C@H](C)CC(=O)O. The first-order valence-corrected chi connectivity index (χ1v) is 7.27. The van der Waals surface area contributed by atoms with Gasteiger partial charge in [-0.1, -0.05) is 39.3 Å². The van der Waals surface area contributed by atoms with E-state index in [2.05, 4.69) is 18.3 Å².